The van der Waals surface area contributed by atoms with Crippen molar-refractivity contribution in [3.05, 3.63) is 18.0 Å². The Balaban J connectivity index is 1.21. The summed E-state index contributed by atoms with van der Waals surface area (Å²) < 4.78 is 0. The summed E-state index contributed by atoms with van der Waals surface area (Å²) in [5.41, 5.74) is 2.00. The predicted octanol–water partition coefficient (Wildman–Crippen LogP) is 2.84. The number of hydrogen-bond donors (Lipinski definition) is 0. The zero-order valence-corrected chi connectivity index (χ0v) is 19.0. The summed E-state index contributed by atoms with van der Waals surface area (Å²) in [7, 11) is 0. The van der Waals surface area contributed by atoms with Crippen LogP contribution in [0, 0.1) is 12.3 Å². The molecule has 0 radical (unpaired) electrons. The number of rotatable bonds is 3. The lowest BCUT2D eigenvalue weighted by Gasteiger charge is -2.48. The van der Waals surface area contributed by atoms with Gasteiger partial charge in [0.25, 0.3) is 0 Å². The van der Waals surface area contributed by atoms with Gasteiger partial charge in [0.05, 0.1) is 6.67 Å². The minimum atomic E-state index is 0.308. The van der Waals surface area contributed by atoms with Crippen molar-refractivity contribution in [3.8, 4) is 0 Å². The van der Waals surface area contributed by atoms with Gasteiger partial charge in [0.15, 0.2) is 0 Å². The van der Waals surface area contributed by atoms with Crippen molar-refractivity contribution in [1.82, 2.24) is 24.7 Å². The smallest absolute Gasteiger partial charge is 0.225 e. The molecular weight excluding hydrogens is 360 g/mol. The molecule has 162 valence electrons. The minimum absolute atomic E-state index is 0.308. The van der Waals surface area contributed by atoms with Crippen molar-refractivity contribution in [3.63, 3.8) is 0 Å². The van der Waals surface area contributed by atoms with Gasteiger partial charge in [-0.2, -0.15) is 0 Å². The predicted molar refractivity (Wildman–Crippen MR) is 119 cm³/mol. The lowest BCUT2D eigenvalue weighted by Crippen LogP contribution is -2.56. The molecule has 4 heterocycles. The van der Waals surface area contributed by atoms with E-state index in [1.807, 2.05) is 19.3 Å². The number of anilines is 1. The van der Waals surface area contributed by atoms with Crippen LogP contribution in [0.15, 0.2) is 12.4 Å². The van der Waals surface area contributed by atoms with Crippen LogP contribution in [0.25, 0.3) is 0 Å². The van der Waals surface area contributed by atoms with Crippen molar-refractivity contribution >= 4 is 5.95 Å². The van der Waals surface area contributed by atoms with Gasteiger partial charge in [0.1, 0.15) is 0 Å². The molecular formula is C23H40N6. The van der Waals surface area contributed by atoms with E-state index in [1.165, 1.54) is 65.0 Å². The minimum Gasteiger partial charge on any atom is -0.341 e. The van der Waals surface area contributed by atoms with Crippen LogP contribution in [0.2, 0.25) is 0 Å². The third-order valence-corrected chi connectivity index (χ3v) is 7.51. The average molecular weight is 401 g/mol. The number of hydrogen-bond acceptors (Lipinski definition) is 6. The molecule has 3 saturated heterocycles. The molecule has 1 aromatic heterocycles. The maximum absolute atomic E-state index is 4.53. The molecule has 0 saturated carbocycles. The van der Waals surface area contributed by atoms with E-state index in [1.54, 1.807) is 0 Å². The number of likely N-dealkylation sites (tertiary alicyclic amines) is 1. The Morgan fingerprint density at radius 2 is 1.31 bits per heavy atom. The SMILES string of the molecule is Cc1cnc(N2CCC3(CCN(CN4CCN(C(C)(C)C)CC4)CC3)CC2)nc1. The van der Waals surface area contributed by atoms with Crippen LogP contribution in [0.5, 0.6) is 0 Å². The maximum atomic E-state index is 4.53. The molecule has 0 N–H and O–H groups in total. The monoisotopic (exact) mass is 400 g/mol. The van der Waals surface area contributed by atoms with Crippen LogP contribution in [-0.2, 0) is 0 Å². The summed E-state index contributed by atoms with van der Waals surface area (Å²) in [4.78, 5) is 19.4. The molecule has 0 bridgehead atoms. The van der Waals surface area contributed by atoms with E-state index in [0.717, 1.165) is 31.3 Å². The van der Waals surface area contributed by atoms with Gasteiger partial charge in [-0.15, -0.1) is 0 Å². The zero-order chi connectivity index (χ0) is 20.5. The first kappa shape index (κ1) is 21.0. The summed E-state index contributed by atoms with van der Waals surface area (Å²) in [6.07, 6.45) is 9.18. The van der Waals surface area contributed by atoms with Crippen LogP contribution >= 0.6 is 0 Å². The maximum Gasteiger partial charge on any atom is 0.225 e. The second-order valence-electron chi connectivity index (χ2n) is 10.6. The Bertz CT molecular complexity index is 641. The Morgan fingerprint density at radius 1 is 0.793 bits per heavy atom. The van der Waals surface area contributed by atoms with Crippen molar-refractivity contribution in [2.75, 3.05) is 63.9 Å². The van der Waals surface area contributed by atoms with Crippen LogP contribution in [0.1, 0.15) is 52.0 Å². The fourth-order valence-electron chi connectivity index (χ4n) is 5.24. The number of aromatic nitrogens is 2. The van der Waals surface area contributed by atoms with E-state index >= 15 is 0 Å². The van der Waals surface area contributed by atoms with Gasteiger partial charge >= 0.3 is 0 Å². The normalized spacial score (nSPS) is 24.9. The molecule has 1 aromatic rings. The third-order valence-electron chi connectivity index (χ3n) is 7.51. The molecule has 0 aliphatic carbocycles. The molecule has 4 rings (SSSR count). The van der Waals surface area contributed by atoms with E-state index in [0.29, 0.717) is 11.0 Å². The highest BCUT2D eigenvalue weighted by Crippen LogP contribution is 2.41. The number of nitrogens with zero attached hydrogens (tertiary/aromatic N) is 6. The summed E-state index contributed by atoms with van der Waals surface area (Å²) in [6.45, 7) is 19.8. The van der Waals surface area contributed by atoms with Gasteiger partial charge < -0.3 is 4.90 Å². The van der Waals surface area contributed by atoms with Gasteiger partial charge in [-0.05, 0) is 77.4 Å². The van der Waals surface area contributed by atoms with Gasteiger partial charge in [0, 0.05) is 57.2 Å². The Kier molecular flexibility index (Phi) is 6.14. The van der Waals surface area contributed by atoms with Gasteiger partial charge in [0.2, 0.25) is 5.95 Å². The van der Waals surface area contributed by atoms with Crippen LogP contribution in [0.4, 0.5) is 5.95 Å². The lowest BCUT2D eigenvalue weighted by atomic mass is 9.71. The van der Waals surface area contributed by atoms with Gasteiger partial charge in [-0.25, -0.2) is 9.97 Å². The van der Waals surface area contributed by atoms with Crippen molar-refractivity contribution < 1.29 is 0 Å². The Hall–Kier alpha value is -1.24. The van der Waals surface area contributed by atoms with Gasteiger partial charge in [-0.1, -0.05) is 0 Å². The van der Waals surface area contributed by atoms with Crippen LogP contribution < -0.4 is 4.90 Å². The number of piperazine rings is 1. The first-order valence-electron chi connectivity index (χ1n) is 11.6. The average Bonchev–Trinajstić information content (AvgIpc) is 2.71. The highest BCUT2D eigenvalue weighted by atomic mass is 15.4. The molecule has 3 aliphatic rings. The topological polar surface area (TPSA) is 38.7 Å². The summed E-state index contributed by atoms with van der Waals surface area (Å²) in [5, 5.41) is 0. The fraction of sp³-hybridized carbons (Fsp3) is 0.826. The van der Waals surface area contributed by atoms with E-state index < -0.39 is 0 Å². The first-order valence-corrected chi connectivity index (χ1v) is 11.6. The van der Waals surface area contributed by atoms with Crippen molar-refractivity contribution in [2.24, 2.45) is 5.41 Å². The standard InChI is InChI=1S/C23H40N6/c1-20-17-24-21(25-18-20)28-11-7-23(8-12-28)5-9-26(10-6-23)19-27-13-15-29(16-14-27)22(2,3)4/h17-18H,5-16,19H2,1-4H3. The highest BCUT2D eigenvalue weighted by molar-refractivity contribution is 5.30. The van der Waals surface area contributed by atoms with E-state index in [4.69, 9.17) is 0 Å². The molecule has 0 unspecified atom stereocenters. The molecule has 0 amide bonds. The lowest BCUT2D eigenvalue weighted by molar-refractivity contribution is 0.00723. The molecule has 3 aliphatic heterocycles. The molecule has 29 heavy (non-hydrogen) atoms. The molecule has 3 fully saturated rings. The third kappa shape index (κ3) is 5.09. The zero-order valence-electron chi connectivity index (χ0n) is 19.0. The van der Waals surface area contributed by atoms with Gasteiger partial charge in [-0.3, -0.25) is 14.7 Å². The summed E-state index contributed by atoms with van der Waals surface area (Å²) in [5.74, 6) is 0.914. The van der Waals surface area contributed by atoms with Crippen LogP contribution in [-0.4, -0.2) is 89.2 Å². The Morgan fingerprint density at radius 3 is 1.86 bits per heavy atom. The molecule has 6 heteroatoms. The summed E-state index contributed by atoms with van der Waals surface area (Å²) >= 11 is 0. The molecule has 1 spiro atoms. The summed E-state index contributed by atoms with van der Waals surface area (Å²) in [6, 6.07) is 0. The molecule has 6 nitrogen and oxygen atoms in total. The fourth-order valence-corrected chi connectivity index (χ4v) is 5.24. The van der Waals surface area contributed by atoms with E-state index in [-0.39, 0.29) is 0 Å². The second-order valence-corrected chi connectivity index (χ2v) is 10.6. The second kappa shape index (κ2) is 8.48. The quantitative estimate of drug-likeness (QED) is 0.777. The first-order chi connectivity index (χ1) is 13.8. The van der Waals surface area contributed by atoms with E-state index in [9.17, 15) is 0 Å². The Labute approximate surface area is 177 Å². The van der Waals surface area contributed by atoms with Crippen molar-refractivity contribution in [1.29, 1.82) is 0 Å². The highest BCUT2D eigenvalue weighted by Gasteiger charge is 2.38. The molecule has 0 atom stereocenters. The van der Waals surface area contributed by atoms with Crippen molar-refractivity contribution in [2.45, 2.75) is 58.9 Å². The molecule has 0 aromatic carbocycles. The largest absolute Gasteiger partial charge is 0.341 e. The van der Waals surface area contributed by atoms with E-state index in [2.05, 4.69) is 50.3 Å². The number of piperidine rings is 2. The van der Waals surface area contributed by atoms with Crippen LogP contribution in [0.3, 0.4) is 0 Å². The number of aryl methyl sites for hydroxylation is 1.